The minimum Gasteiger partial charge on any atom is -0.483 e. The van der Waals surface area contributed by atoms with E-state index in [-0.39, 0.29) is 18.3 Å². The number of aryl methyl sites for hydroxylation is 1. The topological polar surface area (TPSA) is 105 Å². The molecule has 8 heteroatoms. The van der Waals surface area contributed by atoms with Gasteiger partial charge in [0.1, 0.15) is 0 Å². The van der Waals surface area contributed by atoms with Crippen LogP contribution < -0.4 is 5.32 Å². The minimum atomic E-state index is -0.558. The van der Waals surface area contributed by atoms with Gasteiger partial charge in [-0.15, -0.1) is 0 Å². The van der Waals surface area contributed by atoms with E-state index in [0.717, 1.165) is 24.4 Å². The Hall–Kier alpha value is -3.16. The van der Waals surface area contributed by atoms with E-state index in [4.69, 9.17) is 9.90 Å². The molecule has 0 atom stereocenters. The van der Waals surface area contributed by atoms with Crippen LogP contribution in [0.5, 0.6) is 0 Å². The highest BCUT2D eigenvalue weighted by Crippen LogP contribution is 2.36. The Bertz CT molecular complexity index is 900. The lowest BCUT2D eigenvalue weighted by Gasteiger charge is -2.48. The van der Waals surface area contributed by atoms with Crippen molar-refractivity contribution < 1.29 is 19.5 Å². The van der Waals surface area contributed by atoms with Crippen molar-refractivity contribution in [2.75, 3.05) is 19.6 Å². The predicted molar refractivity (Wildman–Crippen MR) is 120 cm³/mol. The Kier molecular flexibility index (Phi) is 8.03. The molecule has 1 saturated carbocycles. The summed E-state index contributed by atoms with van der Waals surface area (Å²) < 4.78 is 1.72. The highest BCUT2D eigenvalue weighted by molar-refractivity contribution is 5.94. The summed E-state index contributed by atoms with van der Waals surface area (Å²) in [4.78, 5) is 40.2. The number of benzene rings is 1. The SMILES string of the molecule is Cn1ccnc1C(=O)N1CC(Cc2ccccc2)(C(=O)NCCC2CCCC2)C1.O=CO. The van der Waals surface area contributed by atoms with Crippen molar-refractivity contribution in [2.24, 2.45) is 18.4 Å². The summed E-state index contributed by atoms with van der Waals surface area (Å²) in [5.41, 5.74) is 0.570. The fourth-order valence-corrected chi connectivity index (χ4v) is 4.74. The van der Waals surface area contributed by atoms with Crippen LogP contribution in [-0.2, 0) is 23.1 Å². The summed E-state index contributed by atoms with van der Waals surface area (Å²) in [7, 11) is 1.81. The number of imidazole rings is 1. The molecule has 4 rings (SSSR count). The van der Waals surface area contributed by atoms with Gasteiger partial charge in [-0.05, 0) is 24.3 Å². The number of nitrogens with one attached hydrogen (secondary N) is 1. The lowest BCUT2D eigenvalue weighted by molar-refractivity contribution is -0.139. The van der Waals surface area contributed by atoms with Crippen molar-refractivity contribution in [1.82, 2.24) is 19.8 Å². The first-order valence-corrected chi connectivity index (χ1v) is 11.2. The van der Waals surface area contributed by atoms with Gasteiger partial charge < -0.3 is 19.9 Å². The maximum absolute atomic E-state index is 13.2. The van der Waals surface area contributed by atoms with Gasteiger partial charge in [0.2, 0.25) is 5.91 Å². The minimum absolute atomic E-state index is 0.0724. The summed E-state index contributed by atoms with van der Waals surface area (Å²) in [6, 6.07) is 10.1. The lowest BCUT2D eigenvalue weighted by atomic mass is 9.73. The molecule has 1 aromatic heterocycles. The van der Waals surface area contributed by atoms with Gasteiger partial charge in [0.15, 0.2) is 5.82 Å². The first-order chi connectivity index (χ1) is 15.5. The van der Waals surface area contributed by atoms with Gasteiger partial charge in [-0.3, -0.25) is 14.4 Å². The first-order valence-electron chi connectivity index (χ1n) is 11.2. The van der Waals surface area contributed by atoms with E-state index in [0.29, 0.717) is 25.3 Å². The highest BCUT2D eigenvalue weighted by atomic mass is 16.3. The zero-order valence-corrected chi connectivity index (χ0v) is 18.6. The number of carbonyl (C=O) groups excluding carboxylic acids is 2. The van der Waals surface area contributed by atoms with Crippen molar-refractivity contribution in [3.8, 4) is 0 Å². The molecule has 2 heterocycles. The number of amides is 2. The van der Waals surface area contributed by atoms with E-state index in [1.807, 2.05) is 25.2 Å². The largest absolute Gasteiger partial charge is 0.483 e. The Morgan fingerprint density at radius 2 is 1.88 bits per heavy atom. The molecule has 2 aliphatic rings. The van der Waals surface area contributed by atoms with Crippen LogP contribution >= 0.6 is 0 Å². The number of aromatic nitrogens is 2. The number of rotatable bonds is 7. The molecule has 2 aromatic rings. The maximum atomic E-state index is 13.2. The number of hydrogen-bond donors (Lipinski definition) is 2. The smallest absolute Gasteiger partial charge is 0.290 e. The van der Waals surface area contributed by atoms with Gasteiger partial charge in [-0.1, -0.05) is 56.0 Å². The molecule has 2 amide bonds. The summed E-state index contributed by atoms with van der Waals surface area (Å²) in [5, 5.41) is 10.1. The van der Waals surface area contributed by atoms with Gasteiger partial charge >= 0.3 is 0 Å². The summed E-state index contributed by atoms with van der Waals surface area (Å²) >= 11 is 0. The van der Waals surface area contributed by atoms with E-state index in [1.54, 1.807) is 21.9 Å². The summed E-state index contributed by atoms with van der Waals surface area (Å²) in [5.74, 6) is 1.13. The number of carboxylic acid groups (broad SMARTS) is 1. The average Bonchev–Trinajstić information content (AvgIpc) is 3.43. The maximum Gasteiger partial charge on any atom is 0.290 e. The molecule has 32 heavy (non-hydrogen) atoms. The number of likely N-dealkylation sites (tertiary alicyclic amines) is 1. The van der Waals surface area contributed by atoms with Crippen molar-refractivity contribution in [1.29, 1.82) is 0 Å². The summed E-state index contributed by atoms with van der Waals surface area (Å²) in [6.07, 6.45) is 10.3. The zero-order chi connectivity index (χ0) is 23.0. The fourth-order valence-electron chi connectivity index (χ4n) is 4.74. The van der Waals surface area contributed by atoms with Gasteiger partial charge in [0, 0.05) is 39.1 Å². The molecule has 1 aromatic carbocycles. The van der Waals surface area contributed by atoms with Crippen LogP contribution in [-0.4, -0.2) is 57.5 Å². The van der Waals surface area contributed by atoms with Crippen LogP contribution in [0.3, 0.4) is 0 Å². The van der Waals surface area contributed by atoms with E-state index < -0.39 is 5.41 Å². The van der Waals surface area contributed by atoms with Crippen LogP contribution in [0.25, 0.3) is 0 Å². The van der Waals surface area contributed by atoms with Crippen LogP contribution in [0.2, 0.25) is 0 Å². The van der Waals surface area contributed by atoms with Crippen molar-refractivity contribution in [2.45, 2.75) is 38.5 Å². The zero-order valence-electron chi connectivity index (χ0n) is 18.6. The average molecular weight is 441 g/mol. The van der Waals surface area contributed by atoms with E-state index in [2.05, 4.69) is 22.4 Å². The molecule has 1 saturated heterocycles. The number of hydrogen-bond acceptors (Lipinski definition) is 4. The van der Waals surface area contributed by atoms with Gasteiger partial charge in [-0.2, -0.15) is 0 Å². The molecule has 1 aliphatic carbocycles. The van der Waals surface area contributed by atoms with E-state index in [1.165, 1.54) is 25.7 Å². The molecule has 1 aliphatic heterocycles. The molecule has 0 unspecified atom stereocenters. The molecular formula is C24H32N4O4. The van der Waals surface area contributed by atoms with Crippen molar-refractivity contribution >= 4 is 18.3 Å². The predicted octanol–water partition coefficient (Wildman–Crippen LogP) is 2.50. The van der Waals surface area contributed by atoms with Crippen LogP contribution in [0, 0.1) is 11.3 Å². The normalized spacial score (nSPS) is 17.1. The van der Waals surface area contributed by atoms with Crippen LogP contribution in [0.15, 0.2) is 42.7 Å². The van der Waals surface area contributed by atoms with Crippen LogP contribution in [0.1, 0.15) is 48.3 Å². The van der Waals surface area contributed by atoms with Gasteiger partial charge in [-0.25, -0.2) is 4.98 Å². The second kappa shape index (κ2) is 10.9. The van der Waals surface area contributed by atoms with E-state index in [9.17, 15) is 9.59 Å². The Morgan fingerprint density at radius 3 is 2.47 bits per heavy atom. The standard InChI is InChI=1S/C23H30N4O2.CH2O2/c1-26-14-13-24-20(26)21(28)27-16-23(17-27,15-19-9-3-2-4-10-19)22(29)25-12-11-18-7-5-6-8-18;2-1-3/h2-4,9-10,13-14,18H,5-8,11-12,15-17H2,1H3,(H,25,29);1H,(H,2,3). The van der Waals surface area contributed by atoms with Gasteiger partial charge in [0.05, 0.1) is 5.41 Å². The first kappa shape index (κ1) is 23.5. The fraction of sp³-hybridized carbons (Fsp3) is 0.500. The lowest BCUT2D eigenvalue weighted by Crippen LogP contribution is -2.65. The third-order valence-corrected chi connectivity index (χ3v) is 6.47. The second-order valence-electron chi connectivity index (χ2n) is 8.77. The molecule has 0 radical (unpaired) electrons. The Balaban J connectivity index is 0.000000913. The quantitative estimate of drug-likeness (QED) is 0.644. The number of nitrogens with zero attached hydrogens (tertiary/aromatic N) is 3. The summed E-state index contributed by atoms with van der Waals surface area (Å²) in [6.45, 7) is 1.35. The Labute approximate surface area is 188 Å². The Morgan fingerprint density at radius 1 is 1.22 bits per heavy atom. The third kappa shape index (κ3) is 5.55. The van der Waals surface area contributed by atoms with Crippen molar-refractivity contribution in [3.05, 3.63) is 54.1 Å². The molecule has 0 spiro atoms. The van der Waals surface area contributed by atoms with Gasteiger partial charge in [0.25, 0.3) is 12.4 Å². The number of carbonyl (C=O) groups is 3. The van der Waals surface area contributed by atoms with Crippen LogP contribution in [0.4, 0.5) is 0 Å². The monoisotopic (exact) mass is 440 g/mol. The van der Waals surface area contributed by atoms with E-state index >= 15 is 0 Å². The third-order valence-electron chi connectivity index (χ3n) is 6.47. The molecule has 172 valence electrons. The molecule has 2 fully saturated rings. The molecular weight excluding hydrogens is 408 g/mol. The second-order valence-corrected chi connectivity index (χ2v) is 8.77. The molecule has 8 nitrogen and oxygen atoms in total. The molecule has 2 N–H and O–H groups in total. The molecule has 0 bridgehead atoms. The highest BCUT2D eigenvalue weighted by Gasteiger charge is 2.51. The van der Waals surface area contributed by atoms with Crippen molar-refractivity contribution in [3.63, 3.8) is 0 Å².